The molecule has 0 spiro atoms. The van der Waals surface area contributed by atoms with Crippen LogP contribution in [0.3, 0.4) is 0 Å². The van der Waals surface area contributed by atoms with E-state index < -0.39 is 0 Å². The Balaban J connectivity index is 1.81. The Bertz CT molecular complexity index is 1220. The van der Waals surface area contributed by atoms with Gasteiger partial charge in [-0.1, -0.05) is 83.9 Å². The number of hydrogen-bond acceptors (Lipinski definition) is 2. The van der Waals surface area contributed by atoms with Crippen LogP contribution >= 0.6 is 35.1 Å². The Hall–Kier alpha value is -2.90. The van der Waals surface area contributed by atoms with E-state index >= 15 is 0 Å². The standard InChI is InChI=1S/C25H15Cl2N2S/c26-21-11-12-24(23(27)15-21)30-29-25-20(16-28)13-19(17-7-3-1-4-8-17)14-22(25)18-9-5-2-6-10-18/h1-15H. The fourth-order valence-electron chi connectivity index (χ4n) is 3.10. The largest absolute Gasteiger partial charge is 0.209 e. The van der Waals surface area contributed by atoms with E-state index in [1.54, 1.807) is 12.1 Å². The third-order valence-corrected chi connectivity index (χ3v) is 6.04. The van der Waals surface area contributed by atoms with Gasteiger partial charge in [0.15, 0.2) is 0 Å². The lowest BCUT2D eigenvalue weighted by Crippen LogP contribution is -1.96. The van der Waals surface area contributed by atoms with Crippen molar-refractivity contribution >= 4 is 40.8 Å². The summed E-state index contributed by atoms with van der Waals surface area (Å²) in [6.07, 6.45) is 0. The summed E-state index contributed by atoms with van der Waals surface area (Å²) in [6, 6.07) is 31.5. The summed E-state index contributed by atoms with van der Waals surface area (Å²) in [5, 5.41) is 11.0. The van der Waals surface area contributed by atoms with Crippen molar-refractivity contribution in [1.82, 2.24) is 4.72 Å². The van der Waals surface area contributed by atoms with Crippen LogP contribution in [0.25, 0.3) is 22.3 Å². The number of halogens is 2. The van der Waals surface area contributed by atoms with E-state index in [2.05, 4.69) is 12.1 Å². The molecule has 4 rings (SSSR count). The molecule has 1 radical (unpaired) electrons. The Morgan fingerprint density at radius 3 is 2.03 bits per heavy atom. The second kappa shape index (κ2) is 9.28. The Labute approximate surface area is 190 Å². The smallest absolute Gasteiger partial charge is 0.101 e. The molecule has 0 saturated heterocycles. The van der Waals surface area contributed by atoms with Crippen molar-refractivity contribution in [3.8, 4) is 28.3 Å². The van der Waals surface area contributed by atoms with Gasteiger partial charge >= 0.3 is 0 Å². The van der Waals surface area contributed by atoms with E-state index in [0.717, 1.165) is 27.1 Å². The van der Waals surface area contributed by atoms with Gasteiger partial charge in [-0.3, -0.25) is 0 Å². The van der Waals surface area contributed by atoms with Crippen LogP contribution < -0.4 is 4.72 Å². The molecular weight excluding hydrogens is 431 g/mol. The van der Waals surface area contributed by atoms with Crippen molar-refractivity contribution in [1.29, 1.82) is 5.26 Å². The van der Waals surface area contributed by atoms with Crippen LogP contribution in [0.2, 0.25) is 10.0 Å². The molecule has 2 nitrogen and oxygen atoms in total. The molecule has 0 aliphatic heterocycles. The Morgan fingerprint density at radius 1 is 0.733 bits per heavy atom. The highest BCUT2D eigenvalue weighted by atomic mass is 35.5. The predicted octanol–water partition coefficient (Wildman–Crippen LogP) is 8.14. The molecule has 0 fully saturated rings. The molecule has 0 N–H and O–H groups in total. The van der Waals surface area contributed by atoms with Gasteiger partial charge in [-0.25, -0.2) is 4.72 Å². The van der Waals surface area contributed by atoms with Crippen molar-refractivity contribution in [2.45, 2.75) is 4.90 Å². The summed E-state index contributed by atoms with van der Waals surface area (Å²) in [4.78, 5) is 0.774. The van der Waals surface area contributed by atoms with Crippen molar-refractivity contribution in [3.05, 3.63) is 107 Å². The average molecular weight is 446 g/mol. The van der Waals surface area contributed by atoms with Gasteiger partial charge in [-0.05, 0) is 47.0 Å². The lowest BCUT2D eigenvalue weighted by Gasteiger charge is -2.14. The molecule has 0 aliphatic rings. The SMILES string of the molecule is N#Cc1cc(-c2ccccc2)cc(-c2ccccc2)c1[N]Sc1ccc(Cl)cc1Cl. The molecule has 0 atom stereocenters. The molecule has 0 saturated carbocycles. The maximum Gasteiger partial charge on any atom is 0.101 e. The first kappa shape index (κ1) is 20.4. The summed E-state index contributed by atoms with van der Waals surface area (Å²) in [6.45, 7) is 0. The zero-order valence-electron chi connectivity index (χ0n) is 15.7. The lowest BCUT2D eigenvalue weighted by molar-refractivity contribution is 1.32. The molecule has 4 aromatic carbocycles. The van der Waals surface area contributed by atoms with Gasteiger partial charge in [0.2, 0.25) is 0 Å². The fourth-order valence-corrected chi connectivity index (χ4v) is 4.27. The second-order valence-corrected chi connectivity index (χ2v) is 8.17. The molecule has 5 heteroatoms. The topological polar surface area (TPSA) is 37.9 Å². The first-order valence-corrected chi connectivity index (χ1v) is 10.7. The quantitative estimate of drug-likeness (QED) is 0.290. The third-order valence-electron chi connectivity index (χ3n) is 4.55. The van der Waals surface area contributed by atoms with Crippen LogP contribution in [0.15, 0.2) is 95.9 Å². The molecule has 0 aliphatic carbocycles. The minimum Gasteiger partial charge on any atom is -0.209 e. The first-order valence-electron chi connectivity index (χ1n) is 9.18. The highest BCUT2D eigenvalue weighted by Gasteiger charge is 2.16. The normalized spacial score (nSPS) is 10.4. The van der Waals surface area contributed by atoms with Gasteiger partial charge in [-0.2, -0.15) is 5.26 Å². The van der Waals surface area contributed by atoms with E-state index in [-0.39, 0.29) is 0 Å². The van der Waals surface area contributed by atoms with E-state index in [1.165, 1.54) is 11.9 Å². The highest BCUT2D eigenvalue weighted by Crippen LogP contribution is 2.39. The van der Waals surface area contributed by atoms with E-state index in [9.17, 15) is 5.26 Å². The molecule has 0 aromatic heterocycles. The summed E-state index contributed by atoms with van der Waals surface area (Å²) >= 11 is 13.5. The monoisotopic (exact) mass is 445 g/mol. The number of hydrogen-bond donors (Lipinski definition) is 0. The lowest BCUT2D eigenvalue weighted by atomic mass is 9.94. The molecule has 0 heterocycles. The van der Waals surface area contributed by atoms with Gasteiger partial charge in [0, 0.05) is 27.4 Å². The van der Waals surface area contributed by atoms with Crippen molar-refractivity contribution in [2.24, 2.45) is 0 Å². The minimum absolute atomic E-state index is 0.507. The third kappa shape index (κ3) is 4.47. The van der Waals surface area contributed by atoms with Gasteiger partial charge in [-0.15, -0.1) is 0 Å². The van der Waals surface area contributed by atoms with Crippen LogP contribution in [0.4, 0.5) is 5.69 Å². The van der Waals surface area contributed by atoms with E-state index in [0.29, 0.717) is 21.3 Å². The van der Waals surface area contributed by atoms with E-state index in [4.69, 9.17) is 27.9 Å². The van der Waals surface area contributed by atoms with Gasteiger partial charge < -0.3 is 0 Å². The number of nitriles is 1. The van der Waals surface area contributed by atoms with Crippen LogP contribution in [0.1, 0.15) is 5.56 Å². The van der Waals surface area contributed by atoms with Crippen molar-refractivity contribution < 1.29 is 0 Å². The first-order chi connectivity index (χ1) is 14.7. The summed E-state index contributed by atoms with van der Waals surface area (Å²) in [5.41, 5.74) is 5.04. The Kier molecular flexibility index (Phi) is 6.30. The summed E-state index contributed by atoms with van der Waals surface area (Å²) < 4.78 is 4.72. The van der Waals surface area contributed by atoms with Crippen molar-refractivity contribution in [3.63, 3.8) is 0 Å². The van der Waals surface area contributed by atoms with Gasteiger partial charge in [0.1, 0.15) is 6.07 Å². The zero-order valence-corrected chi connectivity index (χ0v) is 18.0. The van der Waals surface area contributed by atoms with Gasteiger partial charge in [0.05, 0.1) is 16.3 Å². The average Bonchev–Trinajstić information content (AvgIpc) is 2.79. The van der Waals surface area contributed by atoms with Crippen LogP contribution in [-0.2, 0) is 0 Å². The highest BCUT2D eigenvalue weighted by molar-refractivity contribution is 7.97. The molecule has 0 unspecified atom stereocenters. The molecule has 0 bridgehead atoms. The Morgan fingerprint density at radius 2 is 1.40 bits per heavy atom. The fraction of sp³-hybridized carbons (Fsp3) is 0. The van der Waals surface area contributed by atoms with E-state index in [1.807, 2.05) is 72.8 Å². The number of benzene rings is 4. The zero-order chi connectivity index (χ0) is 20.9. The maximum atomic E-state index is 9.89. The minimum atomic E-state index is 0.507. The predicted molar refractivity (Wildman–Crippen MR) is 126 cm³/mol. The number of rotatable bonds is 5. The molecule has 30 heavy (non-hydrogen) atoms. The molecular formula is C25H15Cl2N2S. The van der Waals surface area contributed by atoms with Gasteiger partial charge in [0.25, 0.3) is 0 Å². The van der Waals surface area contributed by atoms with Crippen LogP contribution in [0.5, 0.6) is 0 Å². The molecule has 4 aromatic rings. The summed E-state index contributed by atoms with van der Waals surface area (Å²) in [5.74, 6) is 0. The maximum absolute atomic E-state index is 9.89. The van der Waals surface area contributed by atoms with Crippen molar-refractivity contribution in [2.75, 3.05) is 0 Å². The second-order valence-electron chi connectivity index (χ2n) is 6.52. The van der Waals surface area contributed by atoms with Crippen LogP contribution in [-0.4, -0.2) is 0 Å². The number of nitrogens with zero attached hydrogens (tertiary/aromatic N) is 2. The molecule has 145 valence electrons. The van der Waals surface area contributed by atoms with Crippen LogP contribution in [0, 0.1) is 11.3 Å². The summed E-state index contributed by atoms with van der Waals surface area (Å²) in [7, 11) is 0. The molecule has 0 amide bonds.